The van der Waals surface area contributed by atoms with Crippen molar-refractivity contribution < 1.29 is 4.79 Å². The summed E-state index contributed by atoms with van der Waals surface area (Å²) < 4.78 is 0. The number of nitrogens with two attached hydrogens (primary N) is 1. The number of nitrogens with zero attached hydrogens (tertiary/aromatic N) is 1. The van der Waals surface area contributed by atoms with Gasteiger partial charge in [-0.15, -0.1) is 0 Å². The van der Waals surface area contributed by atoms with Crippen LogP contribution in [0.15, 0.2) is 30.3 Å². The van der Waals surface area contributed by atoms with Crippen LogP contribution in [0.4, 0.5) is 0 Å². The van der Waals surface area contributed by atoms with E-state index in [0.29, 0.717) is 0 Å². The Labute approximate surface area is 83.5 Å². The quantitative estimate of drug-likeness (QED) is 0.563. The summed E-state index contributed by atoms with van der Waals surface area (Å²) in [5.41, 5.74) is 0.759. The van der Waals surface area contributed by atoms with E-state index in [-0.39, 0.29) is 11.8 Å². The highest BCUT2D eigenvalue weighted by atomic mass is 16.1. The molecule has 0 amide bonds. The molecule has 0 unspecified atom stereocenters. The summed E-state index contributed by atoms with van der Waals surface area (Å²) in [6.07, 6.45) is 1.89. The third-order valence-corrected chi connectivity index (χ3v) is 2.66. The average molecular weight is 190 g/mol. The maximum absolute atomic E-state index is 11.9. The van der Waals surface area contributed by atoms with E-state index in [1.54, 1.807) is 5.01 Å². The van der Waals surface area contributed by atoms with E-state index < -0.39 is 0 Å². The zero-order valence-electron chi connectivity index (χ0n) is 8.02. The highest BCUT2D eigenvalue weighted by Crippen LogP contribution is 2.17. The average Bonchev–Trinajstić information content (AvgIpc) is 2.65. The molecule has 2 rings (SSSR count). The Morgan fingerprint density at radius 3 is 2.64 bits per heavy atom. The van der Waals surface area contributed by atoms with Crippen LogP contribution in [-0.4, -0.2) is 23.4 Å². The Morgan fingerprint density at radius 2 is 2.07 bits per heavy atom. The molecule has 1 aliphatic rings. The molecule has 1 aliphatic heterocycles. The second-order valence-electron chi connectivity index (χ2n) is 3.63. The standard InChI is InChI=1S/C11H14N2O/c12-13-8-4-7-10(13)11(14)9-5-2-1-3-6-9/h1-3,5-6,10H,4,7-8,12H2/t10-/m0/s1. The van der Waals surface area contributed by atoms with Crippen LogP contribution < -0.4 is 5.84 Å². The molecule has 0 saturated carbocycles. The van der Waals surface area contributed by atoms with Crippen LogP contribution in [0, 0.1) is 0 Å². The van der Waals surface area contributed by atoms with Crippen LogP contribution in [0.2, 0.25) is 0 Å². The highest BCUT2D eigenvalue weighted by molar-refractivity contribution is 6.00. The molecule has 3 heteroatoms. The lowest BCUT2D eigenvalue weighted by Crippen LogP contribution is -2.41. The van der Waals surface area contributed by atoms with Gasteiger partial charge in [-0.05, 0) is 12.8 Å². The number of Topliss-reactive ketones (excluding diaryl/α,β-unsaturated/α-hetero) is 1. The first-order chi connectivity index (χ1) is 6.79. The fraction of sp³-hybridized carbons (Fsp3) is 0.364. The van der Waals surface area contributed by atoms with Crippen molar-refractivity contribution in [2.24, 2.45) is 5.84 Å². The van der Waals surface area contributed by atoms with Crippen molar-refractivity contribution in [1.82, 2.24) is 5.01 Å². The Bertz CT molecular complexity index is 323. The van der Waals surface area contributed by atoms with E-state index in [1.165, 1.54) is 0 Å². The second kappa shape index (κ2) is 3.90. The third kappa shape index (κ3) is 1.69. The van der Waals surface area contributed by atoms with E-state index in [0.717, 1.165) is 24.9 Å². The van der Waals surface area contributed by atoms with E-state index in [4.69, 9.17) is 5.84 Å². The number of benzene rings is 1. The molecule has 1 aromatic carbocycles. The predicted octanol–water partition coefficient (Wildman–Crippen LogP) is 1.21. The van der Waals surface area contributed by atoms with Gasteiger partial charge in [0.15, 0.2) is 5.78 Å². The van der Waals surface area contributed by atoms with E-state index in [2.05, 4.69) is 0 Å². The van der Waals surface area contributed by atoms with Gasteiger partial charge in [-0.2, -0.15) is 0 Å². The molecule has 1 heterocycles. The van der Waals surface area contributed by atoms with E-state index in [1.807, 2.05) is 30.3 Å². The van der Waals surface area contributed by atoms with Gasteiger partial charge >= 0.3 is 0 Å². The lowest BCUT2D eigenvalue weighted by atomic mass is 10.0. The maximum Gasteiger partial charge on any atom is 0.181 e. The summed E-state index contributed by atoms with van der Waals surface area (Å²) in [5, 5.41) is 1.65. The Kier molecular flexibility index (Phi) is 2.61. The molecule has 0 radical (unpaired) electrons. The fourth-order valence-corrected chi connectivity index (χ4v) is 1.87. The molecule has 74 valence electrons. The number of hydrogen-bond donors (Lipinski definition) is 1. The van der Waals surface area contributed by atoms with Crippen LogP contribution in [-0.2, 0) is 0 Å². The van der Waals surface area contributed by atoms with Crippen molar-refractivity contribution >= 4 is 5.78 Å². The Hall–Kier alpha value is -1.19. The van der Waals surface area contributed by atoms with Crippen LogP contribution in [0.1, 0.15) is 23.2 Å². The lowest BCUT2D eigenvalue weighted by Gasteiger charge is -2.17. The van der Waals surface area contributed by atoms with Crippen molar-refractivity contribution in [2.75, 3.05) is 6.54 Å². The van der Waals surface area contributed by atoms with Gasteiger partial charge in [-0.3, -0.25) is 10.6 Å². The number of hydrogen-bond acceptors (Lipinski definition) is 3. The van der Waals surface area contributed by atoms with Crippen LogP contribution >= 0.6 is 0 Å². The SMILES string of the molecule is NN1CCC[C@H]1C(=O)c1ccccc1. The summed E-state index contributed by atoms with van der Waals surface area (Å²) in [4.78, 5) is 11.9. The highest BCUT2D eigenvalue weighted by Gasteiger charge is 2.28. The minimum atomic E-state index is -0.114. The van der Waals surface area contributed by atoms with Gasteiger partial charge in [0.05, 0.1) is 6.04 Å². The summed E-state index contributed by atoms with van der Waals surface area (Å²) in [5.74, 6) is 5.87. The van der Waals surface area contributed by atoms with Gasteiger partial charge in [0.2, 0.25) is 0 Å². The number of carbonyl (C=O) groups is 1. The van der Waals surface area contributed by atoms with E-state index in [9.17, 15) is 4.79 Å². The molecule has 1 atom stereocenters. The number of rotatable bonds is 2. The molecular weight excluding hydrogens is 176 g/mol. The molecule has 3 nitrogen and oxygen atoms in total. The normalized spacial score (nSPS) is 22.5. The maximum atomic E-state index is 11.9. The Morgan fingerprint density at radius 1 is 1.36 bits per heavy atom. The van der Waals surface area contributed by atoms with Crippen molar-refractivity contribution in [3.8, 4) is 0 Å². The smallest absolute Gasteiger partial charge is 0.181 e. The summed E-state index contributed by atoms with van der Waals surface area (Å²) in [6, 6.07) is 9.23. The fourth-order valence-electron chi connectivity index (χ4n) is 1.87. The van der Waals surface area contributed by atoms with Crippen LogP contribution in [0.5, 0.6) is 0 Å². The largest absolute Gasteiger partial charge is 0.292 e. The topological polar surface area (TPSA) is 46.3 Å². The van der Waals surface area contributed by atoms with Gasteiger partial charge < -0.3 is 0 Å². The monoisotopic (exact) mass is 190 g/mol. The van der Waals surface area contributed by atoms with Gasteiger partial charge in [-0.25, -0.2) is 5.01 Å². The zero-order chi connectivity index (χ0) is 9.97. The molecule has 14 heavy (non-hydrogen) atoms. The summed E-state index contributed by atoms with van der Waals surface area (Å²) >= 11 is 0. The summed E-state index contributed by atoms with van der Waals surface area (Å²) in [7, 11) is 0. The zero-order valence-corrected chi connectivity index (χ0v) is 8.02. The van der Waals surface area contributed by atoms with Crippen LogP contribution in [0.25, 0.3) is 0 Å². The Balaban J connectivity index is 2.16. The van der Waals surface area contributed by atoms with E-state index >= 15 is 0 Å². The molecule has 1 fully saturated rings. The number of ketones is 1. The van der Waals surface area contributed by atoms with Gasteiger partial charge in [0, 0.05) is 12.1 Å². The van der Waals surface area contributed by atoms with Gasteiger partial charge in [0.1, 0.15) is 0 Å². The molecule has 0 bridgehead atoms. The van der Waals surface area contributed by atoms with Gasteiger partial charge in [0.25, 0.3) is 0 Å². The second-order valence-corrected chi connectivity index (χ2v) is 3.63. The molecule has 0 aromatic heterocycles. The van der Waals surface area contributed by atoms with Crippen LogP contribution in [0.3, 0.4) is 0 Å². The van der Waals surface area contributed by atoms with Crippen molar-refractivity contribution in [3.63, 3.8) is 0 Å². The summed E-state index contributed by atoms with van der Waals surface area (Å²) in [6.45, 7) is 0.823. The first-order valence-corrected chi connectivity index (χ1v) is 4.89. The molecule has 2 N–H and O–H groups in total. The van der Waals surface area contributed by atoms with Crippen molar-refractivity contribution in [1.29, 1.82) is 0 Å². The minimum Gasteiger partial charge on any atom is -0.292 e. The van der Waals surface area contributed by atoms with Crippen molar-refractivity contribution in [2.45, 2.75) is 18.9 Å². The molecule has 0 spiro atoms. The lowest BCUT2D eigenvalue weighted by molar-refractivity contribution is 0.0870. The first-order valence-electron chi connectivity index (χ1n) is 4.89. The minimum absolute atomic E-state index is 0.114. The molecule has 0 aliphatic carbocycles. The number of carbonyl (C=O) groups excluding carboxylic acids is 1. The third-order valence-electron chi connectivity index (χ3n) is 2.66. The van der Waals surface area contributed by atoms with Gasteiger partial charge in [-0.1, -0.05) is 30.3 Å². The molecular formula is C11H14N2O. The van der Waals surface area contributed by atoms with Crippen molar-refractivity contribution in [3.05, 3.63) is 35.9 Å². The number of hydrazine groups is 1. The first kappa shape index (κ1) is 9.37. The predicted molar refractivity (Wildman–Crippen MR) is 54.7 cm³/mol. The molecule has 1 saturated heterocycles. The molecule has 1 aromatic rings.